The molecule has 0 radical (unpaired) electrons. The van der Waals surface area contributed by atoms with Gasteiger partial charge >= 0.3 is 0 Å². The second kappa shape index (κ2) is 6.29. The van der Waals surface area contributed by atoms with Gasteiger partial charge in [0.05, 0.1) is 11.2 Å². The van der Waals surface area contributed by atoms with Crippen LogP contribution in [0.2, 0.25) is 0 Å². The molecule has 0 aliphatic carbocycles. The minimum atomic E-state index is -3.24. The van der Waals surface area contributed by atoms with E-state index in [4.69, 9.17) is 0 Å². The lowest BCUT2D eigenvalue weighted by molar-refractivity contribution is -0.384. The van der Waals surface area contributed by atoms with Crippen molar-refractivity contribution in [1.29, 1.82) is 0 Å². The molecule has 0 atom stereocenters. The van der Waals surface area contributed by atoms with Crippen LogP contribution in [-0.4, -0.2) is 32.7 Å². The molecule has 2 N–H and O–H groups in total. The van der Waals surface area contributed by atoms with Crippen molar-refractivity contribution in [1.82, 2.24) is 4.72 Å². The summed E-state index contributed by atoms with van der Waals surface area (Å²) in [7, 11) is -3.24. The van der Waals surface area contributed by atoms with Crippen LogP contribution in [0.15, 0.2) is 18.2 Å². The lowest BCUT2D eigenvalue weighted by atomic mass is 10.2. The quantitative estimate of drug-likeness (QED) is 0.331. The van der Waals surface area contributed by atoms with E-state index in [1.165, 1.54) is 6.07 Å². The molecule has 1 rings (SSSR count). The molecule has 0 aliphatic heterocycles. The number of nitrogens with one attached hydrogen (secondary N) is 2. The topological polar surface area (TPSA) is 101 Å². The van der Waals surface area contributed by atoms with E-state index in [-0.39, 0.29) is 18.8 Å². The van der Waals surface area contributed by atoms with E-state index in [9.17, 15) is 18.5 Å². The zero-order valence-electron chi connectivity index (χ0n) is 9.51. The first-order valence-corrected chi connectivity index (χ1v) is 7.89. The number of halogens is 1. The predicted octanol–water partition coefficient (Wildman–Crippen LogP) is 1.16. The van der Waals surface area contributed by atoms with Gasteiger partial charge in [-0.05, 0) is 34.7 Å². The van der Waals surface area contributed by atoms with E-state index in [0.29, 0.717) is 5.69 Å². The third kappa shape index (κ3) is 5.14. The zero-order valence-corrected chi connectivity index (χ0v) is 12.5. The summed E-state index contributed by atoms with van der Waals surface area (Å²) in [6, 6.07) is 4.78. The van der Waals surface area contributed by atoms with Crippen molar-refractivity contribution in [2.24, 2.45) is 0 Å². The summed E-state index contributed by atoms with van der Waals surface area (Å²) in [6.45, 7) is 0.441. The Labute approximate surface area is 118 Å². The summed E-state index contributed by atoms with van der Waals surface area (Å²) in [4.78, 5) is 10.3. The van der Waals surface area contributed by atoms with Crippen molar-refractivity contribution in [3.8, 4) is 0 Å². The number of benzene rings is 1. The Bertz CT molecular complexity index is 547. The van der Waals surface area contributed by atoms with Gasteiger partial charge < -0.3 is 5.32 Å². The maximum Gasteiger partial charge on any atom is 0.293 e. The molecule has 9 heteroatoms. The van der Waals surface area contributed by atoms with Gasteiger partial charge in [-0.15, -0.1) is 0 Å². The van der Waals surface area contributed by atoms with Crippen LogP contribution < -0.4 is 10.0 Å². The Balaban J connectivity index is 2.65. The number of sulfonamides is 1. The summed E-state index contributed by atoms with van der Waals surface area (Å²) in [5.74, 6) is 0. The highest BCUT2D eigenvalue weighted by atomic mass is 127. The molecule has 0 spiro atoms. The fourth-order valence-electron chi connectivity index (χ4n) is 1.24. The number of nitro benzene ring substituents is 1. The van der Waals surface area contributed by atoms with E-state index in [1.807, 2.05) is 22.6 Å². The van der Waals surface area contributed by atoms with Crippen molar-refractivity contribution in [2.75, 3.05) is 24.7 Å². The van der Waals surface area contributed by atoms with Crippen molar-refractivity contribution in [3.05, 3.63) is 31.9 Å². The smallest absolute Gasteiger partial charge is 0.293 e. The first kappa shape index (κ1) is 15.1. The number of hydrogen-bond acceptors (Lipinski definition) is 5. The van der Waals surface area contributed by atoms with Gasteiger partial charge in [-0.2, -0.15) is 0 Å². The molecule has 0 heterocycles. The first-order chi connectivity index (χ1) is 8.29. The minimum absolute atomic E-state index is 0.0266. The molecule has 100 valence electrons. The minimum Gasteiger partial charge on any atom is -0.378 e. The Morgan fingerprint density at radius 3 is 2.61 bits per heavy atom. The zero-order chi connectivity index (χ0) is 13.8. The molecular weight excluding hydrogens is 373 g/mol. The van der Waals surface area contributed by atoms with Crippen LogP contribution in [0.3, 0.4) is 0 Å². The van der Waals surface area contributed by atoms with E-state index in [2.05, 4.69) is 10.0 Å². The van der Waals surface area contributed by atoms with Gasteiger partial charge in [0.15, 0.2) is 0 Å². The summed E-state index contributed by atoms with van der Waals surface area (Å²) < 4.78 is 24.7. The molecule has 0 saturated carbocycles. The molecule has 1 aromatic rings. The van der Waals surface area contributed by atoms with Gasteiger partial charge in [-0.25, -0.2) is 13.1 Å². The Morgan fingerprint density at radius 2 is 2.06 bits per heavy atom. The highest BCUT2D eigenvalue weighted by molar-refractivity contribution is 14.1. The summed E-state index contributed by atoms with van der Waals surface area (Å²) in [5, 5.41) is 13.6. The molecular formula is C9H12IN3O4S. The van der Waals surface area contributed by atoms with Gasteiger partial charge in [0.1, 0.15) is 5.69 Å². The maximum atomic E-state index is 10.8. The lowest BCUT2D eigenvalue weighted by Gasteiger charge is -2.07. The van der Waals surface area contributed by atoms with Crippen molar-refractivity contribution in [2.45, 2.75) is 0 Å². The third-order valence-electron chi connectivity index (χ3n) is 1.96. The normalized spacial score (nSPS) is 11.2. The fourth-order valence-corrected chi connectivity index (χ4v) is 2.19. The maximum absolute atomic E-state index is 10.8. The Kier molecular flexibility index (Phi) is 5.28. The number of nitro groups is 1. The molecule has 0 saturated heterocycles. The van der Waals surface area contributed by atoms with Gasteiger partial charge in [0, 0.05) is 22.7 Å². The number of hydrogen-bond donors (Lipinski definition) is 2. The van der Waals surface area contributed by atoms with Crippen LogP contribution in [0.4, 0.5) is 11.4 Å². The van der Waals surface area contributed by atoms with Crippen LogP contribution in [0.1, 0.15) is 0 Å². The Morgan fingerprint density at radius 1 is 1.39 bits per heavy atom. The molecule has 1 aromatic carbocycles. The van der Waals surface area contributed by atoms with E-state index >= 15 is 0 Å². The molecule has 18 heavy (non-hydrogen) atoms. The van der Waals surface area contributed by atoms with Gasteiger partial charge in [0.2, 0.25) is 10.0 Å². The average Bonchev–Trinajstić information content (AvgIpc) is 2.24. The molecule has 0 unspecified atom stereocenters. The molecule has 0 aliphatic rings. The lowest BCUT2D eigenvalue weighted by Crippen LogP contribution is -2.27. The van der Waals surface area contributed by atoms with Crippen LogP contribution in [-0.2, 0) is 10.0 Å². The molecule has 7 nitrogen and oxygen atoms in total. The van der Waals surface area contributed by atoms with Crippen molar-refractivity contribution in [3.63, 3.8) is 0 Å². The monoisotopic (exact) mass is 385 g/mol. The highest BCUT2D eigenvalue weighted by Crippen LogP contribution is 2.25. The highest BCUT2D eigenvalue weighted by Gasteiger charge is 2.13. The van der Waals surface area contributed by atoms with Crippen LogP contribution in [0.25, 0.3) is 0 Å². The van der Waals surface area contributed by atoms with Crippen molar-refractivity contribution < 1.29 is 13.3 Å². The van der Waals surface area contributed by atoms with Gasteiger partial charge in [-0.3, -0.25) is 10.1 Å². The standard InChI is InChI=1S/C9H12IN3O4S/c1-18(16,17)12-5-4-11-8-3-2-7(10)6-9(8)13(14)15/h2-3,6,11-12H,4-5H2,1H3. The molecule has 0 bridgehead atoms. The second-order valence-electron chi connectivity index (χ2n) is 3.51. The first-order valence-electron chi connectivity index (χ1n) is 4.92. The molecule has 0 fully saturated rings. The molecule has 0 aromatic heterocycles. The second-order valence-corrected chi connectivity index (χ2v) is 6.59. The van der Waals surface area contributed by atoms with Gasteiger partial charge in [0.25, 0.3) is 5.69 Å². The summed E-state index contributed by atoms with van der Waals surface area (Å²) >= 11 is 1.99. The van der Waals surface area contributed by atoms with Crippen LogP contribution in [0, 0.1) is 13.7 Å². The largest absolute Gasteiger partial charge is 0.378 e. The number of nitrogens with zero attached hydrogens (tertiary/aromatic N) is 1. The Hall–Kier alpha value is -0.940. The summed E-state index contributed by atoms with van der Waals surface area (Å²) in [5.41, 5.74) is 0.344. The van der Waals surface area contributed by atoms with Crippen LogP contribution in [0.5, 0.6) is 0 Å². The van der Waals surface area contributed by atoms with Gasteiger partial charge in [-0.1, -0.05) is 0 Å². The van der Waals surface area contributed by atoms with Crippen molar-refractivity contribution >= 4 is 44.0 Å². The third-order valence-corrected chi connectivity index (χ3v) is 3.36. The predicted molar refractivity (Wildman–Crippen MR) is 77.1 cm³/mol. The van der Waals surface area contributed by atoms with E-state index in [0.717, 1.165) is 9.83 Å². The fraction of sp³-hybridized carbons (Fsp3) is 0.333. The SMILES string of the molecule is CS(=O)(=O)NCCNc1ccc(I)cc1[N+](=O)[O-]. The molecule has 0 amide bonds. The number of rotatable bonds is 6. The van der Waals surface area contributed by atoms with E-state index < -0.39 is 14.9 Å². The van der Waals surface area contributed by atoms with E-state index in [1.54, 1.807) is 12.1 Å². The van der Waals surface area contributed by atoms with Crippen LogP contribution >= 0.6 is 22.6 Å². The summed E-state index contributed by atoms with van der Waals surface area (Å²) in [6.07, 6.45) is 1.06. The number of anilines is 1. The average molecular weight is 385 g/mol.